The third-order valence-corrected chi connectivity index (χ3v) is 3.71. The highest BCUT2D eigenvalue weighted by Crippen LogP contribution is 2.21. The number of likely N-dealkylation sites (tertiary alicyclic amines) is 1. The zero-order valence-corrected chi connectivity index (χ0v) is 13.8. The highest BCUT2D eigenvalue weighted by molar-refractivity contribution is 5.79. The molecular formula is C17H25FN2O2. The van der Waals surface area contributed by atoms with E-state index in [1.807, 2.05) is 4.90 Å². The van der Waals surface area contributed by atoms with Gasteiger partial charge in [0, 0.05) is 37.7 Å². The van der Waals surface area contributed by atoms with Crippen molar-refractivity contribution in [2.75, 3.05) is 20.2 Å². The van der Waals surface area contributed by atoms with E-state index in [0.29, 0.717) is 30.8 Å². The first kappa shape index (κ1) is 16.7. The summed E-state index contributed by atoms with van der Waals surface area (Å²) >= 11 is 0. The van der Waals surface area contributed by atoms with Crippen LogP contribution in [0.5, 0.6) is 5.75 Å². The van der Waals surface area contributed by atoms with Crippen LogP contribution in [0.4, 0.5) is 4.39 Å². The number of carbonyl (C=O) groups excluding carboxylic acids is 1. The molecule has 0 radical (unpaired) electrons. The molecule has 4 nitrogen and oxygen atoms in total. The van der Waals surface area contributed by atoms with E-state index in [1.54, 1.807) is 19.2 Å². The number of methoxy groups -OCH3 is 1. The van der Waals surface area contributed by atoms with Gasteiger partial charge in [-0.3, -0.25) is 4.79 Å². The lowest BCUT2D eigenvalue weighted by atomic mass is 9.96. The number of hydrogen-bond acceptors (Lipinski definition) is 3. The summed E-state index contributed by atoms with van der Waals surface area (Å²) in [5.74, 6) is 0.540. The van der Waals surface area contributed by atoms with E-state index in [2.05, 4.69) is 26.1 Å². The number of amides is 1. The molecule has 1 atom stereocenters. The van der Waals surface area contributed by atoms with Crippen molar-refractivity contribution in [2.24, 2.45) is 5.41 Å². The summed E-state index contributed by atoms with van der Waals surface area (Å²) in [6, 6.07) is 4.76. The summed E-state index contributed by atoms with van der Waals surface area (Å²) in [7, 11) is 1.56. The fourth-order valence-electron chi connectivity index (χ4n) is 2.70. The lowest BCUT2D eigenvalue weighted by Crippen LogP contribution is -2.36. The van der Waals surface area contributed by atoms with Gasteiger partial charge in [0.15, 0.2) is 0 Å². The molecule has 1 saturated heterocycles. The maximum absolute atomic E-state index is 13.8. The zero-order valence-electron chi connectivity index (χ0n) is 13.8. The summed E-state index contributed by atoms with van der Waals surface area (Å²) in [5, 5.41) is 3.28. The van der Waals surface area contributed by atoms with Crippen molar-refractivity contribution in [3.05, 3.63) is 29.6 Å². The summed E-state index contributed by atoms with van der Waals surface area (Å²) in [6.45, 7) is 8.18. The lowest BCUT2D eigenvalue weighted by Gasteiger charge is -2.26. The molecule has 1 aliphatic heterocycles. The molecule has 1 aliphatic rings. The number of rotatable bonds is 5. The van der Waals surface area contributed by atoms with Gasteiger partial charge in [-0.25, -0.2) is 4.39 Å². The van der Waals surface area contributed by atoms with E-state index < -0.39 is 0 Å². The standard InChI is InChI=1S/C17H25FN2O2/c1-17(2,3)11-20-10-13(8-16(20)21)19-9-12-7-14(22-4)5-6-15(12)18/h5-7,13,19H,8-11H2,1-4H3/t13-/m0/s1. The van der Waals surface area contributed by atoms with Crippen molar-refractivity contribution in [3.63, 3.8) is 0 Å². The van der Waals surface area contributed by atoms with Gasteiger partial charge >= 0.3 is 0 Å². The third-order valence-electron chi connectivity index (χ3n) is 3.71. The Morgan fingerprint density at radius 3 is 2.77 bits per heavy atom. The van der Waals surface area contributed by atoms with E-state index in [4.69, 9.17) is 4.74 Å². The summed E-state index contributed by atoms with van der Waals surface area (Å²) in [6.07, 6.45) is 0.474. The molecule has 0 aromatic heterocycles. The zero-order chi connectivity index (χ0) is 16.3. The SMILES string of the molecule is COc1ccc(F)c(CN[C@H]2CC(=O)N(CC(C)(C)C)C2)c1. The molecule has 1 heterocycles. The molecule has 2 rings (SSSR count). The molecule has 0 bridgehead atoms. The predicted molar refractivity (Wildman–Crippen MR) is 84.2 cm³/mol. The second-order valence-electron chi connectivity index (χ2n) is 7.07. The minimum absolute atomic E-state index is 0.0699. The van der Waals surface area contributed by atoms with Crippen LogP contribution in [0.1, 0.15) is 32.8 Å². The molecule has 0 unspecified atom stereocenters. The molecule has 0 saturated carbocycles. The third kappa shape index (κ3) is 4.44. The smallest absolute Gasteiger partial charge is 0.224 e. The summed E-state index contributed by atoms with van der Waals surface area (Å²) in [4.78, 5) is 13.9. The highest BCUT2D eigenvalue weighted by Gasteiger charge is 2.31. The van der Waals surface area contributed by atoms with E-state index in [1.165, 1.54) is 6.07 Å². The Morgan fingerprint density at radius 2 is 2.14 bits per heavy atom. The van der Waals surface area contributed by atoms with E-state index in [0.717, 1.165) is 6.54 Å². The molecular weight excluding hydrogens is 283 g/mol. The van der Waals surface area contributed by atoms with Gasteiger partial charge in [0.25, 0.3) is 0 Å². The van der Waals surface area contributed by atoms with Crippen LogP contribution in [0.3, 0.4) is 0 Å². The van der Waals surface area contributed by atoms with Gasteiger partial charge in [0.2, 0.25) is 5.91 Å². The quantitative estimate of drug-likeness (QED) is 0.909. The first-order valence-corrected chi connectivity index (χ1v) is 7.62. The minimum Gasteiger partial charge on any atom is -0.497 e. The minimum atomic E-state index is -0.260. The second kappa shape index (κ2) is 6.65. The van der Waals surface area contributed by atoms with Crippen LogP contribution in [0, 0.1) is 11.2 Å². The lowest BCUT2D eigenvalue weighted by molar-refractivity contribution is -0.128. The van der Waals surface area contributed by atoms with E-state index >= 15 is 0 Å². The van der Waals surface area contributed by atoms with Crippen LogP contribution in [0.15, 0.2) is 18.2 Å². The monoisotopic (exact) mass is 308 g/mol. The average Bonchev–Trinajstić information content (AvgIpc) is 2.76. The molecule has 0 spiro atoms. The largest absolute Gasteiger partial charge is 0.497 e. The van der Waals surface area contributed by atoms with Crippen molar-refractivity contribution in [2.45, 2.75) is 39.8 Å². The van der Waals surface area contributed by atoms with Gasteiger partial charge in [0.1, 0.15) is 11.6 Å². The summed E-state index contributed by atoms with van der Waals surface area (Å²) < 4.78 is 18.9. The first-order valence-electron chi connectivity index (χ1n) is 7.62. The molecule has 0 aliphatic carbocycles. The van der Waals surface area contributed by atoms with Crippen LogP contribution in [-0.4, -0.2) is 37.0 Å². The number of carbonyl (C=O) groups is 1. The number of hydrogen-bond donors (Lipinski definition) is 1. The molecule has 1 fully saturated rings. The number of nitrogens with one attached hydrogen (secondary N) is 1. The number of halogens is 1. The molecule has 1 aromatic carbocycles. The predicted octanol–water partition coefficient (Wildman–Crippen LogP) is 2.57. The van der Waals surface area contributed by atoms with E-state index in [-0.39, 0.29) is 23.2 Å². The molecule has 1 aromatic rings. The number of ether oxygens (including phenoxy) is 1. The highest BCUT2D eigenvalue weighted by atomic mass is 19.1. The maximum atomic E-state index is 13.8. The van der Waals surface area contributed by atoms with Crippen LogP contribution < -0.4 is 10.1 Å². The van der Waals surface area contributed by atoms with Crippen molar-refractivity contribution in [1.82, 2.24) is 10.2 Å². The Hall–Kier alpha value is -1.62. The van der Waals surface area contributed by atoms with Gasteiger partial charge in [0.05, 0.1) is 7.11 Å². The maximum Gasteiger partial charge on any atom is 0.224 e. The molecule has 1 amide bonds. The van der Waals surface area contributed by atoms with Gasteiger partial charge < -0.3 is 15.0 Å². The Morgan fingerprint density at radius 1 is 1.41 bits per heavy atom. The van der Waals surface area contributed by atoms with Crippen LogP contribution in [0.2, 0.25) is 0 Å². The van der Waals surface area contributed by atoms with Gasteiger partial charge in [-0.15, -0.1) is 0 Å². The Kier molecular flexibility index (Phi) is 5.06. The van der Waals surface area contributed by atoms with Gasteiger partial charge in [-0.05, 0) is 23.6 Å². The van der Waals surface area contributed by atoms with Crippen molar-refractivity contribution in [3.8, 4) is 5.75 Å². The first-order chi connectivity index (χ1) is 10.3. The van der Waals surface area contributed by atoms with Crippen LogP contribution in [-0.2, 0) is 11.3 Å². The number of nitrogens with zero attached hydrogens (tertiary/aromatic N) is 1. The summed E-state index contributed by atoms with van der Waals surface area (Å²) in [5.41, 5.74) is 0.643. The van der Waals surface area contributed by atoms with Crippen molar-refractivity contribution < 1.29 is 13.9 Å². The average molecular weight is 308 g/mol. The molecule has 22 heavy (non-hydrogen) atoms. The fraction of sp³-hybridized carbons (Fsp3) is 0.588. The Balaban J connectivity index is 1.92. The second-order valence-corrected chi connectivity index (χ2v) is 7.07. The topological polar surface area (TPSA) is 41.6 Å². The van der Waals surface area contributed by atoms with Crippen LogP contribution in [0.25, 0.3) is 0 Å². The molecule has 1 N–H and O–H groups in total. The molecule has 122 valence electrons. The molecule has 5 heteroatoms. The van der Waals surface area contributed by atoms with Crippen molar-refractivity contribution in [1.29, 1.82) is 0 Å². The van der Waals surface area contributed by atoms with Crippen LogP contribution >= 0.6 is 0 Å². The Bertz CT molecular complexity index is 540. The van der Waals surface area contributed by atoms with Gasteiger partial charge in [-0.2, -0.15) is 0 Å². The van der Waals surface area contributed by atoms with Crippen molar-refractivity contribution >= 4 is 5.91 Å². The fourth-order valence-corrected chi connectivity index (χ4v) is 2.70. The van der Waals surface area contributed by atoms with Gasteiger partial charge in [-0.1, -0.05) is 20.8 Å². The van der Waals surface area contributed by atoms with E-state index in [9.17, 15) is 9.18 Å². The number of benzene rings is 1. The Labute approximate surface area is 131 Å². The normalized spacial score (nSPS) is 18.9.